The highest BCUT2D eigenvalue weighted by molar-refractivity contribution is 5.75. The van der Waals surface area contributed by atoms with Crippen LogP contribution >= 0.6 is 0 Å². The first-order chi connectivity index (χ1) is 17.1. The Balaban J connectivity index is 1.24. The van der Waals surface area contributed by atoms with Gasteiger partial charge in [0, 0.05) is 0 Å². The van der Waals surface area contributed by atoms with Crippen molar-refractivity contribution in [3.8, 4) is 5.75 Å². The van der Waals surface area contributed by atoms with Crippen molar-refractivity contribution < 1.29 is 9.53 Å². The Morgan fingerprint density at radius 2 is 1.54 bits per heavy atom. The predicted molar refractivity (Wildman–Crippen MR) is 145 cm³/mol. The summed E-state index contributed by atoms with van der Waals surface area (Å²) in [6.45, 7) is 4.34. The summed E-state index contributed by atoms with van der Waals surface area (Å²) in [5.41, 5.74) is 5.45. The van der Waals surface area contributed by atoms with Crippen molar-refractivity contribution >= 4 is 5.97 Å². The first-order valence-electron chi connectivity index (χ1n) is 13.2. The van der Waals surface area contributed by atoms with Crippen molar-refractivity contribution in [3.05, 3.63) is 113 Å². The van der Waals surface area contributed by atoms with E-state index in [1.807, 2.05) is 19.1 Å². The van der Waals surface area contributed by atoms with Gasteiger partial charge in [0.1, 0.15) is 5.75 Å². The lowest BCUT2D eigenvalue weighted by Crippen LogP contribution is -2.25. The van der Waals surface area contributed by atoms with E-state index in [1.54, 1.807) is 0 Å². The molecule has 0 saturated heterocycles. The number of aryl methyl sites for hydroxylation is 1. The van der Waals surface area contributed by atoms with Gasteiger partial charge in [0.2, 0.25) is 0 Å². The molecule has 4 rings (SSSR count). The Bertz CT molecular complexity index is 1070. The monoisotopic (exact) mass is 466 g/mol. The Labute approximate surface area is 211 Å². The maximum atomic E-state index is 12.7. The minimum atomic E-state index is -0.0737. The number of hydrogen-bond acceptors (Lipinski definition) is 2. The van der Waals surface area contributed by atoms with Gasteiger partial charge in [-0.05, 0) is 98.1 Å². The van der Waals surface area contributed by atoms with Gasteiger partial charge in [-0.15, -0.1) is 0 Å². The summed E-state index contributed by atoms with van der Waals surface area (Å²) in [7, 11) is 0. The number of allylic oxidation sites excluding steroid dienone is 2. The Hall–Kier alpha value is -3.13. The standard InChI is InChI=1S/C33H38O2/c1-3-4-6-9-26-14-22-32(23-15-26)35-33(34)31-20-18-30(19-21-31)29-16-12-27(13-17-29)24-25(2)28-10-7-5-8-11-28/h3-5,7-8,10-17,22-23,25,30-31H,6,9,18-21,24H2,1-2H3/b4-3+. The number of carbonyl (C=O) groups is 1. The molecule has 1 aliphatic carbocycles. The van der Waals surface area contributed by atoms with Gasteiger partial charge in [-0.25, -0.2) is 0 Å². The lowest BCUT2D eigenvalue weighted by molar-refractivity contribution is -0.140. The van der Waals surface area contributed by atoms with Gasteiger partial charge in [-0.2, -0.15) is 0 Å². The van der Waals surface area contributed by atoms with Crippen LogP contribution in [0.5, 0.6) is 5.75 Å². The van der Waals surface area contributed by atoms with Gasteiger partial charge in [-0.3, -0.25) is 4.79 Å². The molecule has 0 aromatic heterocycles. The first kappa shape index (κ1) is 25.0. The van der Waals surface area contributed by atoms with Crippen molar-refractivity contribution in [2.24, 2.45) is 5.92 Å². The zero-order chi connectivity index (χ0) is 24.5. The van der Waals surface area contributed by atoms with E-state index in [0.717, 1.165) is 44.9 Å². The fraction of sp³-hybridized carbons (Fsp3) is 0.364. The Morgan fingerprint density at radius 1 is 0.886 bits per heavy atom. The lowest BCUT2D eigenvalue weighted by atomic mass is 9.78. The molecule has 0 N–H and O–H groups in total. The topological polar surface area (TPSA) is 26.3 Å². The molecule has 3 aromatic rings. The van der Waals surface area contributed by atoms with E-state index in [-0.39, 0.29) is 11.9 Å². The third kappa shape index (κ3) is 7.18. The minimum Gasteiger partial charge on any atom is -0.426 e. The molecule has 2 nitrogen and oxygen atoms in total. The molecule has 1 fully saturated rings. The van der Waals surface area contributed by atoms with Gasteiger partial charge in [0.25, 0.3) is 0 Å². The van der Waals surface area contributed by atoms with Crippen LogP contribution in [0.1, 0.15) is 80.0 Å². The molecule has 0 spiro atoms. The van der Waals surface area contributed by atoms with Crippen LogP contribution in [0.15, 0.2) is 91.0 Å². The van der Waals surface area contributed by atoms with Gasteiger partial charge >= 0.3 is 5.97 Å². The van der Waals surface area contributed by atoms with Crippen molar-refractivity contribution in [3.63, 3.8) is 0 Å². The van der Waals surface area contributed by atoms with Crippen LogP contribution in [0.25, 0.3) is 0 Å². The second-order valence-corrected chi connectivity index (χ2v) is 9.98. The van der Waals surface area contributed by atoms with Gasteiger partial charge in [0.15, 0.2) is 0 Å². The molecule has 1 unspecified atom stereocenters. The van der Waals surface area contributed by atoms with Crippen LogP contribution in [-0.2, 0) is 17.6 Å². The summed E-state index contributed by atoms with van der Waals surface area (Å²) in [5, 5.41) is 0. The summed E-state index contributed by atoms with van der Waals surface area (Å²) in [6.07, 6.45) is 11.2. The molecule has 1 atom stereocenters. The van der Waals surface area contributed by atoms with Crippen molar-refractivity contribution in [1.29, 1.82) is 0 Å². The molecular weight excluding hydrogens is 428 g/mol. The van der Waals surface area contributed by atoms with E-state index in [1.165, 1.54) is 22.3 Å². The summed E-state index contributed by atoms with van der Waals surface area (Å²) in [4.78, 5) is 12.7. The zero-order valence-corrected chi connectivity index (χ0v) is 21.2. The predicted octanol–water partition coefficient (Wildman–Crippen LogP) is 8.42. The number of carbonyl (C=O) groups excluding carboxylic acids is 1. The second-order valence-electron chi connectivity index (χ2n) is 9.98. The molecule has 182 valence electrons. The van der Waals surface area contributed by atoms with Crippen molar-refractivity contribution in [2.75, 3.05) is 0 Å². The molecule has 0 radical (unpaired) electrons. The molecule has 2 heteroatoms. The summed E-state index contributed by atoms with van der Waals surface area (Å²) in [5.74, 6) is 1.64. The molecule has 1 saturated carbocycles. The van der Waals surface area contributed by atoms with E-state index in [2.05, 4.69) is 85.8 Å². The molecule has 0 aliphatic heterocycles. The summed E-state index contributed by atoms with van der Waals surface area (Å²) >= 11 is 0. The number of esters is 1. The average Bonchev–Trinajstić information content (AvgIpc) is 2.91. The van der Waals surface area contributed by atoms with Crippen LogP contribution in [-0.4, -0.2) is 5.97 Å². The van der Waals surface area contributed by atoms with Crippen LogP contribution < -0.4 is 4.74 Å². The van der Waals surface area contributed by atoms with Gasteiger partial charge in [-0.1, -0.05) is 85.8 Å². The third-order valence-corrected chi connectivity index (χ3v) is 7.40. The molecular formula is C33H38O2. The quantitative estimate of drug-likeness (QED) is 0.180. The molecule has 0 bridgehead atoms. The van der Waals surface area contributed by atoms with Gasteiger partial charge in [0.05, 0.1) is 5.92 Å². The number of hydrogen-bond donors (Lipinski definition) is 0. The zero-order valence-electron chi connectivity index (χ0n) is 21.2. The second kappa shape index (κ2) is 12.5. The highest BCUT2D eigenvalue weighted by atomic mass is 16.5. The molecule has 3 aromatic carbocycles. The van der Waals surface area contributed by atoms with Crippen LogP contribution in [0.4, 0.5) is 0 Å². The van der Waals surface area contributed by atoms with E-state index >= 15 is 0 Å². The lowest BCUT2D eigenvalue weighted by Gasteiger charge is -2.27. The third-order valence-electron chi connectivity index (χ3n) is 7.40. The van der Waals surface area contributed by atoms with Crippen molar-refractivity contribution in [1.82, 2.24) is 0 Å². The molecule has 0 amide bonds. The summed E-state index contributed by atoms with van der Waals surface area (Å²) in [6, 6.07) is 27.9. The summed E-state index contributed by atoms with van der Waals surface area (Å²) < 4.78 is 5.71. The van der Waals surface area contributed by atoms with Gasteiger partial charge < -0.3 is 4.74 Å². The fourth-order valence-electron chi connectivity index (χ4n) is 5.18. The van der Waals surface area contributed by atoms with E-state index in [4.69, 9.17) is 4.74 Å². The number of benzene rings is 3. The maximum absolute atomic E-state index is 12.7. The smallest absolute Gasteiger partial charge is 0.314 e. The Kier molecular flexibility index (Phi) is 8.95. The molecule has 35 heavy (non-hydrogen) atoms. The number of ether oxygens (including phenoxy) is 1. The van der Waals surface area contributed by atoms with Crippen molar-refractivity contribution in [2.45, 2.75) is 70.6 Å². The van der Waals surface area contributed by atoms with E-state index in [0.29, 0.717) is 17.6 Å². The molecule has 0 heterocycles. The van der Waals surface area contributed by atoms with Crippen LogP contribution in [0.2, 0.25) is 0 Å². The number of rotatable bonds is 9. The highest BCUT2D eigenvalue weighted by Gasteiger charge is 2.28. The Morgan fingerprint density at radius 3 is 2.20 bits per heavy atom. The van der Waals surface area contributed by atoms with E-state index < -0.39 is 0 Å². The highest BCUT2D eigenvalue weighted by Crippen LogP contribution is 2.36. The molecule has 1 aliphatic rings. The van der Waals surface area contributed by atoms with Crippen LogP contribution in [0, 0.1) is 5.92 Å². The SMILES string of the molecule is C/C=C/CCc1ccc(OC(=O)C2CCC(c3ccc(CC(C)c4ccccc4)cc3)CC2)cc1. The maximum Gasteiger partial charge on any atom is 0.314 e. The minimum absolute atomic E-state index is 0.00612. The largest absolute Gasteiger partial charge is 0.426 e. The average molecular weight is 467 g/mol. The van der Waals surface area contributed by atoms with Crippen LogP contribution in [0.3, 0.4) is 0 Å². The first-order valence-corrected chi connectivity index (χ1v) is 13.2. The fourth-order valence-corrected chi connectivity index (χ4v) is 5.18. The van der Waals surface area contributed by atoms with E-state index in [9.17, 15) is 4.79 Å². The normalized spacial score (nSPS) is 18.9.